The molecule has 2 aromatic rings. The summed E-state index contributed by atoms with van der Waals surface area (Å²) in [6, 6.07) is 7.18. The van der Waals surface area contributed by atoms with Gasteiger partial charge in [-0.2, -0.15) is 4.31 Å². The number of nitrogens with zero attached hydrogens (tertiary/aromatic N) is 1. The summed E-state index contributed by atoms with van der Waals surface area (Å²) in [5.74, 6) is -3.14. The van der Waals surface area contributed by atoms with Gasteiger partial charge in [-0.15, -0.1) is 0 Å². The Bertz CT molecular complexity index is 977. The number of halogens is 3. The second-order valence-corrected chi connectivity index (χ2v) is 8.54. The van der Waals surface area contributed by atoms with Crippen LogP contribution in [0.15, 0.2) is 41.3 Å². The van der Waals surface area contributed by atoms with Gasteiger partial charge in [0.25, 0.3) is 5.91 Å². The molecule has 0 bridgehead atoms. The first-order valence-corrected chi connectivity index (χ1v) is 10.2. The van der Waals surface area contributed by atoms with Gasteiger partial charge >= 0.3 is 0 Å². The summed E-state index contributed by atoms with van der Waals surface area (Å²) in [6.45, 7) is 0.923. The summed E-state index contributed by atoms with van der Waals surface area (Å²) in [7, 11) is -3.66. The number of anilines is 1. The third-order valence-electron chi connectivity index (χ3n) is 4.30. The lowest BCUT2D eigenvalue weighted by molar-refractivity contribution is 0.102. The van der Waals surface area contributed by atoms with Gasteiger partial charge in [0.2, 0.25) is 10.0 Å². The zero-order valence-corrected chi connectivity index (χ0v) is 15.8. The maximum Gasteiger partial charge on any atom is 0.257 e. The van der Waals surface area contributed by atoms with E-state index in [9.17, 15) is 22.0 Å². The number of carbonyl (C=O) groups is 1. The number of piperidine rings is 1. The number of nitrogens with one attached hydrogen (secondary N) is 1. The normalized spacial score (nSPS) is 15.5. The van der Waals surface area contributed by atoms with Crippen molar-refractivity contribution in [2.75, 3.05) is 18.4 Å². The van der Waals surface area contributed by atoms with Crippen LogP contribution in [0.4, 0.5) is 14.5 Å². The molecule has 27 heavy (non-hydrogen) atoms. The zero-order chi connectivity index (χ0) is 19.6. The van der Waals surface area contributed by atoms with Crippen LogP contribution < -0.4 is 5.32 Å². The van der Waals surface area contributed by atoms with Crippen molar-refractivity contribution in [2.45, 2.75) is 24.2 Å². The molecule has 0 radical (unpaired) electrons. The Morgan fingerprint density at radius 2 is 1.70 bits per heavy atom. The topological polar surface area (TPSA) is 66.5 Å². The van der Waals surface area contributed by atoms with Crippen molar-refractivity contribution in [3.8, 4) is 0 Å². The highest BCUT2D eigenvalue weighted by Crippen LogP contribution is 2.25. The Labute approximate surface area is 161 Å². The van der Waals surface area contributed by atoms with E-state index in [0.717, 1.165) is 19.3 Å². The lowest BCUT2D eigenvalue weighted by Crippen LogP contribution is -2.35. The molecule has 0 aromatic heterocycles. The molecule has 144 valence electrons. The van der Waals surface area contributed by atoms with Crippen molar-refractivity contribution >= 4 is 33.2 Å². The van der Waals surface area contributed by atoms with Crippen LogP contribution in [0, 0.1) is 11.6 Å². The molecule has 1 saturated heterocycles. The maximum atomic E-state index is 13.4. The molecule has 0 atom stereocenters. The van der Waals surface area contributed by atoms with Crippen molar-refractivity contribution in [3.05, 3.63) is 58.6 Å². The molecule has 1 fully saturated rings. The summed E-state index contributed by atoms with van der Waals surface area (Å²) >= 11 is 5.80. The van der Waals surface area contributed by atoms with E-state index in [2.05, 4.69) is 5.32 Å². The van der Waals surface area contributed by atoms with Gasteiger partial charge in [0.1, 0.15) is 0 Å². The fraction of sp³-hybridized carbons (Fsp3) is 0.278. The summed E-state index contributed by atoms with van der Waals surface area (Å²) in [6.07, 6.45) is 2.62. The number of rotatable bonds is 4. The van der Waals surface area contributed by atoms with Gasteiger partial charge in [0.05, 0.1) is 15.5 Å². The summed E-state index contributed by atoms with van der Waals surface area (Å²) < 4.78 is 53.4. The first kappa shape index (κ1) is 19.7. The molecule has 1 aliphatic heterocycles. The highest BCUT2D eigenvalue weighted by atomic mass is 35.5. The SMILES string of the molecule is O=C(Nc1cccc(S(=O)(=O)N2CCCCC2)c1)c1cc(F)c(F)cc1Cl. The fourth-order valence-electron chi connectivity index (χ4n) is 2.88. The molecule has 9 heteroatoms. The van der Waals surface area contributed by atoms with Gasteiger partial charge in [-0.25, -0.2) is 17.2 Å². The molecule has 1 aliphatic rings. The Morgan fingerprint density at radius 3 is 2.41 bits per heavy atom. The van der Waals surface area contributed by atoms with Crippen molar-refractivity contribution in [1.82, 2.24) is 4.31 Å². The number of amides is 1. The largest absolute Gasteiger partial charge is 0.322 e. The lowest BCUT2D eigenvalue weighted by atomic mass is 10.2. The summed E-state index contributed by atoms with van der Waals surface area (Å²) in [4.78, 5) is 12.4. The number of hydrogen-bond donors (Lipinski definition) is 1. The van der Waals surface area contributed by atoms with E-state index >= 15 is 0 Å². The Morgan fingerprint density at radius 1 is 1.04 bits per heavy atom. The third kappa shape index (κ3) is 4.28. The van der Waals surface area contributed by atoms with E-state index in [1.165, 1.54) is 28.6 Å². The van der Waals surface area contributed by atoms with Crippen LogP contribution in [-0.2, 0) is 10.0 Å². The van der Waals surface area contributed by atoms with Gasteiger partial charge in [-0.3, -0.25) is 4.79 Å². The standard InChI is InChI=1S/C18H17ClF2N2O3S/c19-15-11-17(21)16(20)10-14(15)18(24)22-12-5-4-6-13(9-12)27(25,26)23-7-2-1-3-8-23/h4-6,9-11H,1-3,7-8H2,(H,22,24). The number of carbonyl (C=O) groups excluding carboxylic acids is 1. The highest BCUT2D eigenvalue weighted by molar-refractivity contribution is 7.89. The lowest BCUT2D eigenvalue weighted by Gasteiger charge is -2.26. The van der Waals surface area contributed by atoms with Gasteiger partial charge < -0.3 is 5.32 Å². The Balaban J connectivity index is 1.84. The van der Waals surface area contributed by atoms with Gasteiger partial charge in [-0.05, 0) is 43.2 Å². The van der Waals surface area contributed by atoms with E-state index in [4.69, 9.17) is 11.6 Å². The van der Waals surface area contributed by atoms with Crippen LogP contribution in [0.1, 0.15) is 29.6 Å². The number of benzene rings is 2. The average Bonchev–Trinajstić information content (AvgIpc) is 2.65. The van der Waals surface area contributed by atoms with Crippen molar-refractivity contribution in [3.63, 3.8) is 0 Å². The van der Waals surface area contributed by atoms with E-state index in [-0.39, 0.29) is 21.2 Å². The Kier molecular flexibility index (Phi) is 5.78. The zero-order valence-electron chi connectivity index (χ0n) is 14.2. The van der Waals surface area contributed by atoms with E-state index in [0.29, 0.717) is 25.2 Å². The van der Waals surface area contributed by atoms with E-state index in [1.54, 1.807) is 0 Å². The van der Waals surface area contributed by atoms with Gasteiger partial charge in [-0.1, -0.05) is 24.1 Å². The second kappa shape index (κ2) is 7.92. The van der Waals surface area contributed by atoms with Crippen LogP contribution in [0.25, 0.3) is 0 Å². The molecule has 1 amide bonds. The molecular weight excluding hydrogens is 398 g/mol. The molecule has 0 spiro atoms. The van der Waals surface area contributed by atoms with E-state index < -0.39 is 27.6 Å². The smallest absolute Gasteiger partial charge is 0.257 e. The van der Waals surface area contributed by atoms with Gasteiger partial charge in [0, 0.05) is 18.8 Å². The quantitative estimate of drug-likeness (QED) is 0.767. The molecule has 5 nitrogen and oxygen atoms in total. The molecule has 0 unspecified atom stereocenters. The van der Waals surface area contributed by atoms with Crippen LogP contribution in [-0.4, -0.2) is 31.7 Å². The number of hydrogen-bond acceptors (Lipinski definition) is 3. The van der Waals surface area contributed by atoms with Crippen molar-refractivity contribution < 1.29 is 22.0 Å². The average molecular weight is 415 g/mol. The van der Waals surface area contributed by atoms with Crippen LogP contribution in [0.3, 0.4) is 0 Å². The van der Waals surface area contributed by atoms with Crippen LogP contribution in [0.2, 0.25) is 5.02 Å². The third-order valence-corrected chi connectivity index (χ3v) is 6.51. The summed E-state index contributed by atoms with van der Waals surface area (Å²) in [5, 5.41) is 2.22. The highest BCUT2D eigenvalue weighted by Gasteiger charge is 2.26. The molecule has 0 saturated carbocycles. The predicted octanol–water partition coefficient (Wildman–Crippen LogP) is 4.05. The fourth-order valence-corrected chi connectivity index (χ4v) is 4.68. The first-order valence-electron chi connectivity index (χ1n) is 8.35. The molecule has 1 heterocycles. The molecule has 1 N–H and O–H groups in total. The van der Waals surface area contributed by atoms with Crippen molar-refractivity contribution in [1.29, 1.82) is 0 Å². The van der Waals surface area contributed by atoms with Crippen molar-refractivity contribution in [2.24, 2.45) is 0 Å². The predicted molar refractivity (Wildman–Crippen MR) is 98.4 cm³/mol. The monoisotopic (exact) mass is 414 g/mol. The van der Waals surface area contributed by atoms with Crippen LogP contribution in [0.5, 0.6) is 0 Å². The maximum absolute atomic E-state index is 13.4. The minimum atomic E-state index is -3.66. The second-order valence-electron chi connectivity index (χ2n) is 6.19. The summed E-state index contributed by atoms with van der Waals surface area (Å²) in [5.41, 5.74) is -0.0428. The van der Waals surface area contributed by atoms with Gasteiger partial charge in [0.15, 0.2) is 11.6 Å². The van der Waals surface area contributed by atoms with Crippen LogP contribution >= 0.6 is 11.6 Å². The minimum absolute atomic E-state index is 0.0542. The molecule has 2 aromatic carbocycles. The molecule has 3 rings (SSSR count). The first-order chi connectivity index (χ1) is 12.8. The van der Waals surface area contributed by atoms with E-state index in [1.807, 2.05) is 0 Å². The molecular formula is C18H17ClF2N2O3S. The molecule has 0 aliphatic carbocycles. The Hall–Kier alpha value is -2.03. The minimum Gasteiger partial charge on any atom is -0.322 e. The number of sulfonamides is 1.